The Morgan fingerprint density at radius 3 is 3.00 bits per heavy atom. The lowest BCUT2D eigenvalue weighted by molar-refractivity contribution is 0.779. The average molecular weight is 109 g/mol. The molecule has 1 heterocycles. The zero-order chi connectivity index (χ0) is 5.82. The van der Waals surface area contributed by atoms with E-state index in [2.05, 4.69) is 10.3 Å². The van der Waals surface area contributed by atoms with Crippen LogP contribution in [0.25, 0.3) is 0 Å². The molecule has 0 spiro atoms. The molecule has 0 saturated heterocycles. The maximum atomic E-state index is 6.76. The van der Waals surface area contributed by atoms with Crippen LogP contribution in [0, 0.1) is 5.41 Å². The second-order valence-electron chi connectivity index (χ2n) is 1.44. The summed E-state index contributed by atoms with van der Waals surface area (Å²) in [6.07, 6.45) is 6.34. The molecule has 1 aliphatic rings. The molecule has 1 atom stereocenters. The zero-order valence-electron chi connectivity index (χ0n) is 4.33. The number of aliphatic imine (C=N–C) groups is 1. The Morgan fingerprint density at radius 1 is 1.75 bits per heavy atom. The highest BCUT2D eigenvalue weighted by atomic mass is 15.1. The Hall–Kier alpha value is -1.12. The molecule has 42 valence electrons. The van der Waals surface area contributed by atoms with Crippen molar-refractivity contribution in [2.45, 2.75) is 6.17 Å². The minimum absolute atomic E-state index is 0.139. The fourth-order valence-electron chi connectivity index (χ4n) is 0.474. The molecule has 0 bridgehead atoms. The summed E-state index contributed by atoms with van der Waals surface area (Å²) in [7, 11) is 0. The van der Waals surface area contributed by atoms with Crippen LogP contribution in [0.3, 0.4) is 0 Å². The van der Waals surface area contributed by atoms with E-state index in [0.717, 1.165) is 0 Å². The highest BCUT2D eigenvalue weighted by Crippen LogP contribution is 1.84. The van der Waals surface area contributed by atoms with E-state index in [4.69, 9.17) is 5.41 Å². The van der Waals surface area contributed by atoms with Gasteiger partial charge in [0.1, 0.15) is 0 Å². The van der Waals surface area contributed by atoms with E-state index in [1.54, 1.807) is 18.5 Å². The number of hydrogen-bond donors (Lipinski definition) is 2. The second-order valence-corrected chi connectivity index (χ2v) is 1.44. The Bertz CT molecular complexity index is 137. The Morgan fingerprint density at radius 2 is 2.62 bits per heavy atom. The van der Waals surface area contributed by atoms with E-state index in [0.29, 0.717) is 0 Å². The molecule has 0 radical (unpaired) electrons. The van der Waals surface area contributed by atoms with Gasteiger partial charge >= 0.3 is 0 Å². The van der Waals surface area contributed by atoms with Crippen LogP contribution >= 0.6 is 0 Å². The van der Waals surface area contributed by atoms with Crippen LogP contribution in [0.1, 0.15) is 0 Å². The molecule has 0 aromatic carbocycles. The van der Waals surface area contributed by atoms with Crippen molar-refractivity contribution in [3.05, 3.63) is 12.3 Å². The summed E-state index contributed by atoms with van der Waals surface area (Å²) in [6.45, 7) is 0. The van der Waals surface area contributed by atoms with Crippen LogP contribution in [0.2, 0.25) is 0 Å². The molecule has 1 unspecified atom stereocenters. The molecule has 2 N–H and O–H groups in total. The number of hydrogen-bond acceptors (Lipinski definition) is 3. The van der Waals surface area contributed by atoms with E-state index >= 15 is 0 Å². The molecule has 0 saturated carbocycles. The van der Waals surface area contributed by atoms with Crippen molar-refractivity contribution in [2.24, 2.45) is 4.99 Å². The van der Waals surface area contributed by atoms with Gasteiger partial charge < -0.3 is 10.7 Å². The van der Waals surface area contributed by atoms with Gasteiger partial charge in [-0.2, -0.15) is 0 Å². The fourth-order valence-corrected chi connectivity index (χ4v) is 0.474. The van der Waals surface area contributed by atoms with Crippen LogP contribution in [0.15, 0.2) is 17.3 Å². The van der Waals surface area contributed by atoms with E-state index in [9.17, 15) is 0 Å². The van der Waals surface area contributed by atoms with Gasteiger partial charge in [0.05, 0.1) is 0 Å². The van der Waals surface area contributed by atoms with Crippen molar-refractivity contribution in [1.82, 2.24) is 5.32 Å². The second kappa shape index (κ2) is 2.26. The Balaban J connectivity index is 2.51. The first-order valence-corrected chi connectivity index (χ1v) is 2.38. The Kier molecular flexibility index (Phi) is 1.42. The summed E-state index contributed by atoms with van der Waals surface area (Å²) in [5.74, 6) is 0. The minimum Gasteiger partial charge on any atom is -0.365 e. The molecule has 0 amide bonds. The largest absolute Gasteiger partial charge is 0.365 e. The summed E-state index contributed by atoms with van der Waals surface area (Å²) in [6, 6.07) is 0. The predicted octanol–water partition coefficient (Wildman–Crippen LogP) is 0.150. The van der Waals surface area contributed by atoms with E-state index < -0.39 is 0 Å². The smallest absolute Gasteiger partial charge is 0.153 e. The van der Waals surface area contributed by atoms with Crippen LogP contribution < -0.4 is 5.32 Å². The lowest BCUT2D eigenvalue weighted by Crippen LogP contribution is -2.25. The van der Waals surface area contributed by atoms with Gasteiger partial charge in [0.15, 0.2) is 6.17 Å². The molecule has 1 aliphatic heterocycles. The van der Waals surface area contributed by atoms with Crippen molar-refractivity contribution >= 4 is 12.4 Å². The topological polar surface area (TPSA) is 48.2 Å². The third kappa shape index (κ3) is 0.932. The molecule has 3 nitrogen and oxygen atoms in total. The normalized spacial score (nSPS) is 24.8. The molecule has 1 rings (SSSR count). The summed E-state index contributed by atoms with van der Waals surface area (Å²) in [5, 5.41) is 9.61. The molecule has 0 aliphatic carbocycles. The van der Waals surface area contributed by atoms with Crippen molar-refractivity contribution < 1.29 is 0 Å². The standard InChI is InChI=1S/C5H7N3/c6-4-5-7-2-1-3-8-5/h1-7H. The van der Waals surface area contributed by atoms with Crippen molar-refractivity contribution in [3.63, 3.8) is 0 Å². The minimum atomic E-state index is -0.139. The van der Waals surface area contributed by atoms with Crippen LogP contribution in [-0.2, 0) is 0 Å². The number of nitrogens with one attached hydrogen (secondary N) is 2. The van der Waals surface area contributed by atoms with Crippen LogP contribution in [-0.4, -0.2) is 18.6 Å². The maximum Gasteiger partial charge on any atom is 0.153 e. The maximum absolute atomic E-state index is 6.76. The average Bonchev–Trinajstić information content (AvgIpc) is 1.90. The van der Waals surface area contributed by atoms with E-state index in [-0.39, 0.29) is 6.17 Å². The molecule has 0 aromatic heterocycles. The highest BCUT2D eigenvalue weighted by Gasteiger charge is 1.96. The van der Waals surface area contributed by atoms with Gasteiger partial charge in [-0.25, -0.2) is 0 Å². The SMILES string of the molecule is N=CC1N=CC=CN1. The Labute approximate surface area is 47.6 Å². The summed E-state index contributed by atoms with van der Waals surface area (Å²) < 4.78 is 0. The monoisotopic (exact) mass is 109 g/mol. The highest BCUT2D eigenvalue weighted by molar-refractivity contribution is 5.75. The number of nitrogens with zero attached hydrogens (tertiary/aromatic N) is 1. The molecule has 8 heavy (non-hydrogen) atoms. The van der Waals surface area contributed by atoms with Crippen LogP contribution in [0.5, 0.6) is 0 Å². The van der Waals surface area contributed by atoms with Gasteiger partial charge in [-0.3, -0.25) is 4.99 Å². The molecule has 0 fully saturated rings. The zero-order valence-corrected chi connectivity index (χ0v) is 4.33. The third-order valence-electron chi connectivity index (χ3n) is 0.854. The lowest BCUT2D eigenvalue weighted by atomic mass is 10.5. The van der Waals surface area contributed by atoms with Gasteiger partial charge in [0.25, 0.3) is 0 Å². The summed E-state index contributed by atoms with van der Waals surface area (Å²) in [4.78, 5) is 3.88. The quantitative estimate of drug-likeness (QED) is 0.462. The first-order chi connectivity index (χ1) is 3.93. The fraction of sp³-hybridized carbons (Fsp3) is 0.200. The van der Waals surface area contributed by atoms with Gasteiger partial charge in [-0.1, -0.05) is 0 Å². The number of rotatable bonds is 1. The number of allylic oxidation sites excluding steroid dienone is 1. The van der Waals surface area contributed by atoms with E-state index in [1.807, 2.05) is 0 Å². The molecule has 3 heteroatoms. The molecular weight excluding hydrogens is 102 g/mol. The van der Waals surface area contributed by atoms with Crippen molar-refractivity contribution in [1.29, 1.82) is 5.41 Å². The van der Waals surface area contributed by atoms with Gasteiger partial charge in [0, 0.05) is 12.4 Å². The van der Waals surface area contributed by atoms with Crippen molar-refractivity contribution in [3.8, 4) is 0 Å². The van der Waals surface area contributed by atoms with Crippen LogP contribution in [0.4, 0.5) is 0 Å². The van der Waals surface area contributed by atoms with Gasteiger partial charge in [-0.15, -0.1) is 0 Å². The molecule has 0 aromatic rings. The molecular formula is C5H7N3. The summed E-state index contributed by atoms with van der Waals surface area (Å²) in [5.41, 5.74) is 0. The van der Waals surface area contributed by atoms with E-state index in [1.165, 1.54) is 6.21 Å². The van der Waals surface area contributed by atoms with Crippen molar-refractivity contribution in [2.75, 3.05) is 0 Å². The summed E-state index contributed by atoms with van der Waals surface area (Å²) >= 11 is 0. The lowest BCUT2D eigenvalue weighted by Gasteiger charge is -2.07. The first kappa shape index (κ1) is 5.03. The predicted molar refractivity (Wildman–Crippen MR) is 33.3 cm³/mol. The third-order valence-corrected chi connectivity index (χ3v) is 0.854. The first-order valence-electron chi connectivity index (χ1n) is 2.38. The van der Waals surface area contributed by atoms with Gasteiger partial charge in [0.2, 0.25) is 0 Å². The van der Waals surface area contributed by atoms with Gasteiger partial charge in [-0.05, 0) is 12.3 Å².